The number of nitrogens with zero attached hydrogens (tertiary/aromatic N) is 1. The van der Waals surface area contributed by atoms with E-state index >= 15 is 0 Å². The fourth-order valence-electron chi connectivity index (χ4n) is 1.15. The van der Waals surface area contributed by atoms with Crippen molar-refractivity contribution in [2.24, 2.45) is 5.73 Å². The highest BCUT2D eigenvalue weighted by atomic mass is 16.5. The molecule has 0 radical (unpaired) electrons. The Bertz CT molecular complexity index is 338. The Morgan fingerprint density at radius 1 is 1.67 bits per heavy atom. The molecule has 1 aromatic heterocycles. The van der Waals surface area contributed by atoms with Gasteiger partial charge >= 0.3 is 0 Å². The molecule has 0 amide bonds. The van der Waals surface area contributed by atoms with E-state index in [4.69, 9.17) is 15.9 Å². The number of hydrogen-bond donors (Lipinski definition) is 2. The lowest BCUT2D eigenvalue weighted by molar-refractivity contribution is 0.0506. The molecule has 15 heavy (non-hydrogen) atoms. The number of nitrogens with one attached hydrogen (secondary N) is 1. The van der Waals surface area contributed by atoms with Gasteiger partial charge in [0.25, 0.3) is 0 Å². The summed E-state index contributed by atoms with van der Waals surface area (Å²) in [6, 6.07) is 3.70. The van der Waals surface area contributed by atoms with Gasteiger partial charge in [0.05, 0.1) is 12.7 Å². The summed E-state index contributed by atoms with van der Waals surface area (Å²) in [4.78, 5) is 4.05. The zero-order valence-electron chi connectivity index (χ0n) is 9.16. The van der Waals surface area contributed by atoms with Crippen molar-refractivity contribution in [2.75, 3.05) is 0 Å². The predicted octanol–water partition coefficient (Wildman–Crippen LogP) is 1.68. The summed E-state index contributed by atoms with van der Waals surface area (Å²) in [5.41, 5.74) is 6.80. The summed E-state index contributed by atoms with van der Waals surface area (Å²) in [5, 5.41) is 7.37. The number of aromatic nitrogens is 1. The van der Waals surface area contributed by atoms with Gasteiger partial charge in [-0.15, -0.1) is 0 Å². The third kappa shape index (κ3) is 3.32. The second-order valence-corrected chi connectivity index (χ2v) is 3.45. The number of nitrogens with two attached hydrogens (primary N) is 1. The molecule has 0 aliphatic rings. The van der Waals surface area contributed by atoms with Crippen LogP contribution in [0.4, 0.5) is 0 Å². The average molecular weight is 207 g/mol. The van der Waals surface area contributed by atoms with E-state index in [1.54, 1.807) is 6.20 Å². The predicted molar refractivity (Wildman–Crippen MR) is 59.8 cm³/mol. The minimum atomic E-state index is -0.0154. The van der Waals surface area contributed by atoms with E-state index in [9.17, 15) is 0 Å². The molecule has 1 atom stereocenters. The number of hydrogen-bond acceptors (Lipinski definition) is 3. The number of rotatable bonds is 5. The first-order chi connectivity index (χ1) is 7.15. The molecule has 4 nitrogen and oxygen atoms in total. The van der Waals surface area contributed by atoms with Crippen molar-refractivity contribution in [1.29, 1.82) is 5.41 Å². The zero-order chi connectivity index (χ0) is 11.3. The first-order valence-electron chi connectivity index (χ1n) is 5.05. The smallest absolute Gasteiger partial charge is 0.142 e. The minimum absolute atomic E-state index is 0.0154. The van der Waals surface area contributed by atoms with Crippen LogP contribution >= 0.6 is 0 Å². The van der Waals surface area contributed by atoms with Crippen LogP contribution in [0.2, 0.25) is 0 Å². The van der Waals surface area contributed by atoms with Crippen molar-refractivity contribution in [3.8, 4) is 0 Å². The summed E-state index contributed by atoms with van der Waals surface area (Å²) >= 11 is 0. The third-order valence-electron chi connectivity index (χ3n) is 2.24. The maximum atomic E-state index is 7.37. The van der Waals surface area contributed by atoms with Crippen LogP contribution in [0.25, 0.3) is 0 Å². The first-order valence-corrected chi connectivity index (χ1v) is 5.05. The fraction of sp³-hybridized carbons (Fsp3) is 0.455. The molecule has 0 aromatic carbocycles. The Hall–Kier alpha value is -1.42. The van der Waals surface area contributed by atoms with Gasteiger partial charge in [0.1, 0.15) is 11.5 Å². The monoisotopic (exact) mass is 207 g/mol. The second-order valence-electron chi connectivity index (χ2n) is 3.45. The Kier molecular flexibility index (Phi) is 4.24. The molecular weight excluding hydrogens is 190 g/mol. The van der Waals surface area contributed by atoms with Crippen LogP contribution in [0.3, 0.4) is 0 Å². The van der Waals surface area contributed by atoms with Crippen LogP contribution in [-0.4, -0.2) is 16.9 Å². The summed E-state index contributed by atoms with van der Waals surface area (Å²) in [7, 11) is 0. The Morgan fingerprint density at radius 3 is 3.00 bits per heavy atom. The molecule has 1 aromatic rings. The summed E-state index contributed by atoms with van der Waals surface area (Å²) in [6.07, 6.45) is 2.81. The van der Waals surface area contributed by atoms with Gasteiger partial charge < -0.3 is 10.5 Å². The minimum Gasteiger partial charge on any atom is -0.382 e. The maximum absolute atomic E-state index is 7.37. The topological polar surface area (TPSA) is 72.0 Å². The van der Waals surface area contributed by atoms with Gasteiger partial charge in [-0.1, -0.05) is 13.0 Å². The molecule has 0 aliphatic carbocycles. The van der Waals surface area contributed by atoms with Gasteiger partial charge in [-0.2, -0.15) is 0 Å². The van der Waals surface area contributed by atoms with E-state index in [-0.39, 0.29) is 11.9 Å². The van der Waals surface area contributed by atoms with Crippen molar-refractivity contribution in [3.63, 3.8) is 0 Å². The van der Waals surface area contributed by atoms with Gasteiger partial charge in [0, 0.05) is 11.8 Å². The van der Waals surface area contributed by atoms with Crippen molar-refractivity contribution in [3.05, 3.63) is 29.6 Å². The highest BCUT2D eigenvalue weighted by molar-refractivity contribution is 5.94. The van der Waals surface area contributed by atoms with E-state index in [2.05, 4.69) is 11.9 Å². The van der Waals surface area contributed by atoms with Crippen LogP contribution in [0.1, 0.15) is 31.5 Å². The van der Waals surface area contributed by atoms with Crippen molar-refractivity contribution in [2.45, 2.75) is 33.0 Å². The first kappa shape index (κ1) is 11.7. The lowest BCUT2D eigenvalue weighted by Gasteiger charge is -2.12. The van der Waals surface area contributed by atoms with E-state index < -0.39 is 0 Å². The molecule has 0 aliphatic heterocycles. The summed E-state index contributed by atoms with van der Waals surface area (Å²) in [6.45, 7) is 4.54. The van der Waals surface area contributed by atoms with Gasteiger partial charge in [-0.3, -0.25) is 10.4 Å². The quantitative estimate of drug-likeness (QED) is 0.570. The summed E-state index contributed by atoms with van der Waals surface area (Å²) in [5.74, 6) is -0.0154. The maximum Gasteiger partial charge on any atom is 0.142 e. The standard InChI is InChI=1S/C11H17N3O/c1-3-8(2)15-7-9-5-4-6-14-10(9)11(12)13/h4-6,8H,3,7H2,1-2H3,(H3,12,13). The molecule has 1 rings (SSSR count). The lowest BCUT2D eigenvalue weighted by Crippen LogP contribution is -2.17. The Balaban J connectivity index is 2.72. The van der Waals surface area contributed by atoms with Crippen LogP contribution in [0.15, 0.2) is 18.3 Å². The van der Waals surface area contributed by atoms with Crippen molar-refractivity contribution in [1.82, 2.24) is 4.98 Å². The van der Waals surface area contributed by atoms with Gasteiger partial charge in [0.15, 0.2) is 0 Å². The second kappa shape index (κ2) is 5.46. The van der Waals surface area contributed by atoms with Crippen molar-refractivity contribution < 1.29 is 4.74 Å². The number of amidine groups is 1. The van der Waals surface area contributed by atoms with Gasteiger partial charge in [-0.05, 0) is 19.4 Å². The fourth-order valence-corrected chi connectivity index (χ4v) is 1.15. The van der Waals surface area contributed by atoms with Crippen LogP contribution in [-0.2, 0) is 11.3 Å². The molecule has 0 saturated heterocycles. The molecule has 3 N–H and O–H groups in total. The molecule has 1 heterocycles. The molecule has 0 fully saturated rings. The van der Waals surface area contributed by atoms with E-state index in [1.807, 2.05) is 19.1 Å². The molecule has 0 saturated carbocycles. The number of pyridine rings is 1. The zero-order valence-corrected chi connectivity index (χ0v) is 9.16. The third-order valence-corrected chi connectivity index (χ3v) is 2.24. The molecule has 1 unspecified atom stereocenters. The average Bonchev–Trinajstić information content (AvgIpc) is 2.26. The van der Waals surface area contributed by atoms with Crippen molar-refractivity contribution >= 4 is 5.84 Å². The largest absolute Gasteiger partial charge is 0.382 e. The van der Waals surface area contributed by atoms with Gasteiger partial charge in [-0.25, -0.2) is 0 Å². The molecule has 0 bridgehead atoms. The molecule has 4 heteroatoms. The van der Waals surface area contributed by atoms with Crippen LogP contribution in [0, 0.1) is 5.41 Å². The normalized spacial score (nSPS) is 12.4. The SMILES string of the molecule is CCC(C)OCc1cccnc1C(=N)N. The highest BCUT2D eigenvalue weighted by Gasteiger charge is 2.07. The lowest BCUT2D eigenvalue weighted by atomic mass is 10.2. The highest BCUT2D eigenvalue weighted by Crippen LogP contribution is 2.08. The number of nitrogen functional groups attached to an aromatic ring is 1. The number of ether oxygens (including phenoxy) is 1. The van der Waals surface area contributed by atoms with Crippen LogP contribution < -0.4 is 5.73 Å². The Labute approximate surface area is 90.0 Å². The molecule has 82 valence electrons. The van der Waals surface area contributed by atoms with E-state index in [0.717, 1.165) is 12.0 Å². The van der Waals surface area contributed by atoms with Crippen LogP contribution in [0.5, 0.6) is 0 Å². The Morgan fingerprint density at radius 2 is 2.40 bits per heavy atom. The van der Waals surface area contributed by atoms with E-state index in [0.29, 0.717) is 12.3 Å². The summed E-state index contributed by atoms with van der Waals surface area (Å²) < 4.78 is 5.58. The van der Waals surface area contributed by atoms with Gasteiger partial charge in [0.2, 0.25) is 0 Å². The molecule has 0 spiro atoms. The molecular formula is C11H17N3O. The van der Waals surface area contributed by atoms with E-state index in [1.165, 1.54) is 0 Å².